The molecule has 0 saturated heterocycles. The molecule has 2 heterocycles. The largest absolute Gasteiger partial charge is 0.462 e. The van der Waals surface area contributed by atoms with Gasteiger partial charge in [-0.25, -0.2) is 13.2 Å². The normalized spacial score (nSPS) is 13.9. The number of nitrogens with zero attached hydrogens (tertiary/aromatic N) is 1. The number of esters is 1. The quantitative estimate of drug-likeness (QED) is 0.692. The highest BCUT2D eigenvalue weighted by molar-refractivity contribution is 7.90. The summed E-state index contributed by atoms with van der Waals surface area (Å²) in [5.41, 5.74) is 1.67. The topological polar surface area (TPSA) is 92.8 Å². The van der Waals surface area contributed by atoms with Crippen LogP contribution >= 0.6 is 23.7 Å². The van der Waals surface area contributed by atoms with E-state index >= 15 is 0 Å². The summed E-state index contributed by atoms with van der Waals surface area (Å²) in [6, 6.07) is 5.70. The van der Waals surface area contributed by atoms with Gasteiger partial charge in [-0.2, -0.15) is 0 Å². The molecule has 158 valence electrons. The van der Waals surface area contributed by atoms with Crippen LogP contribution in [-0.2, 0) is 27.5 Å². The number of halogens is 1. The first-order valence-corrected chi connectivity index (χ1v) is 11.5. The molecule has 3 rings (SSSR count). The Hall–Kier alpha value is -1.94. The van der Waals surface area contributed by atoms with Crippen LogP contribution < -0.4 is 5.32 Å². The van der Waals surface area contributed by atoms with E-state index in [0.717, 1.165) is 29.7 Å². The Labute approximate surface area is 180 Å². The fraction of sp³-hybridized carbons (Fsp3) is 0.368. The lowest BCUT2D eigenvalue weighted by molar-refractivity contribution is 0.0526. The maximum absolute atomic E-state index is 12.7. The van der Waals surface area contributed by atoms with E-state index in [4.69, 9.17) is 4.74 Å². The minimum absolute atomic E-state index is 0. The summed E-state index contributed by atoms with van der Waals surface area (Å²) in [5, 5.41) is 3.28. The van der Waals surface area contributed by atoms with Crippen LogP contribution in [0.4, 0.5) is 5.00 Å². The van der Waals surface area contributed by atoms with Crippen LogP contribution in [0.25, 0.3) is 0 Å². The second-order valence-corrected chi connectivity index (χ2v) is 9.79. The zero-order valence-corrected chi connectivity index (χ0v) is 18.8. The van der Waals surface area contributed by atoms with Crippen LogP contribution in [0.2, 0.25) is 0 Å². The lowest BCUT2D eigenvalue weighted by Crippen LogP contribution is -2.26. The van der Waals surface area contributed by atoms with Crippen LogP contribution in [0.3, 0.4) is 0 Å². The van der Waals surface area contributed by atoms with Crippen molar-refractivity contribution in [3.8, 4) is 0 Å². The Kier molecular flexibility index (Phi) is 7.45. The first kappa shape index (κ1) is 23.3. The Morgan fingerprint density at radius 2 is 1.90 bits per heavy atom. The number of hydrogen-bond acceptors (Lipinski definition) is 7. The minimum Gasteiger partial charge on any atom is -0.462 e. The third-order valence-corrected chi connectivity index (χ3v) is 6.76. The number of benzene rings is 1. The van der Waals surface area contributed by atoms with Gasteiger partial charge in [0.05, 0.1) is 17.1 Å². The number of hydrogen-bond donors (Lipinski definition) is 1. The number of carbonyl (C=O) groups excluding carboxylic acids is 2. The highest BCUT2D eigenvalue weighted by Gasteiger charge is 2.28. The maximum atomic E-state index is 12.7. The number of fused-ring (bicyclic) bond motifs is 1. The van der Waals surface area contributed by atoms with Gasteiger partial charge in [-0.3, -0.25) is 4.79 Å². The summed E-state index contributed by atoms with van der Waals surface area (Å²) in [4.78, 5) is 28.5. The number of ether oxygens (including phenoxy) is 1. The molecule has 0 bridgehead atoms. The van der Waals surface area contributed by atoms with Gasteiger partial charge in [-0.15, -0.1) is 23.7 Å². The molecule has 29 heavy (non-hydrogen) atoms. The van der Waals surface area contributed by atoms with Gasteiger partial charge in [-0.1, -0.05) is 0 Å². The number of thiophene rings is 1. The van der Waals surface area contributed by atoms with E-state index in [-0.39, 0.29) is 23.9 Å². The summed E-state index contributed by atoms with van der Waals surface area (Å²) in [5.74, 6) is -0.843. The summed E-state index contributed by atoms with van der Waals surface area (Å²) in [6.07, 6.45) is 1.83. The average Bonchev–Trinajstić information content (AvgIpc) is 2.98. The Morgan fingerprint density at radius 1 is 1.24 bits per heavy atom. The van der Waals surface area contributed by atoms with Gasteiger partial charge in [0.25, 0.3) is 5.91 Å². The molecule has 0 saturated carbocycles. The van der Waals surface area contributed by atoms with Crippen molar-refractivity contribution in [3.05, 3.63) is 45.8 Å². The third-order valence-electron chi connectivity index (χ3n) is 4.50. The fourth-order valence-electron chi connectivity index (χ4n) is 3.07. The lowest BCUT2D eigenvalue weighted by Gasteiger charge is -2.22. The van der Waals surface area contributed by atoms with E-state index in [2.05, 4.69) is 10.2 Å². The van der Waals surface area contributed by atoms with Crippen molar-refractivity contribution >= 4 is 50.5 Å². The molecule has 0 fully saturated rings. The van der Waals surface area contributed by atoms with E-state index < -0.39 is 21.7 Å². The molecule has 1 aliphatic rings. The first-order chi connectivity index (χ1) is 13.2. The second-order valence-electron chi connectivity index (χ2n) is 6.67. The van der Waals surface area contributed by atoms with Crippen molar-refractivity contribution in [2.24, 2.45) is 0 Å². The molecule has 7 nitrogen and oxygen atoms in total. The highest BCUT2D eigenvalue weighted by Crippen LogP contribution is 2.37. The Morgan fingerprint density at radius 3 is 2.48 bits per heavy atom. The van der Waals surface area contributed by atoms with Gasteiger partial charge in [0.2, 0.25) is 0 Å². The third kappa shape index (κ3) is 5.16. The molecule has 1 aromatic carbocycles. The van der Waals surface area contributed by atoms with Crippen molar-refractivity contribution in [1.29, 1.82) is 0 Å². The summed E-state index contributed by atoms with van der Waals surface area (Å²) in [6.45, 7) is 3.54. The summed E-state index contributed by atoms with van der Waals surface area (Å²) >= 11 is 1.38. The minimum atomic E-state index is -3.33. The smallest absolute Gasteiger partial charge is 0.341 e. The molecule has 0 atom stereocenters. The zero-order chi connectivity index (χ0) is 20.5. The highest BCUT2D eigenvalue weighted by atomic mass is 35.5. The first-order valence-electron chi connectivity index (χ1n) is 8.82. The number of likely N-dealkylation sites (N-methyl/N-ethyl adjacent to an activating group) is 1. The van der Waals surface area contributed by atoms with Gasteiger partial charge >= 0.3 is 5.97 Å². The molecule has 2 aromatic rings. The van der Waals surface area contributed by atoms with Crippen LogP contribution in [0.5, 0.6) is 0 Å². The number of carbonyl (C=O) groups is 2. The van der Waals surface area contributed by atoms with Crippen molar-refractivity contribution in [1.82, 2.24) is 4.90 Å². The van der Waals surface area contributed by atoms with Crippen molar-refractivity contribution in [2.75, 3.05) is 31.8 Å². The molecule has 1 N–H and O–H groups in total. The summed E-state index contributed by atoms with van der Waals surface area (Å²) in [7, 11) is -1.32. The number of rotatable bonds is 5. The maximum Gasteiger partial charge on any atom is 0.341 e. The average molecular weight is 459 g/mol. The molecular formula is C19H23ClN2O5S2. The van der Waals surface area contributed by atoms with Crippen LogP contribution in [0, 0.1) is 0 Å². The Balaban J connectivity index is 0.00000300. The molecule has 0 unspecified atom stereocenters. The predicted molar refractivity (Wildman–Crippen MR) is 115 cm³/mol. The van der Waals surface area contributed by atoms with E-state index in [1.54, 1.807) is 6.92 Å². The van der Waals surface area contributed by atoms with Gasteiger partial charge in [0.15, 0.2) is 9.84 Å². The fourth-order valence-corrected chi connectivity index (χ4v) is 5.01. The van der Waals surface area contributed by atoms with Crippen molar-refractivity contribution < 1.29 is 22.7 Å². The molecular weight excluding hydrogens is 436 g/mol. The van der Waals surface area contributed by atoms with E-state index in [1.807, 2.05) is 7.05 Å². The summed E-state index contributed by atoms with van der Waals surface area (Å²) < 4.78 is 28.3. The van der Waals surface area contributed by atoms with Crippen LogP contribution in [0.15, 0.2) is 29.2 Å². The number of nitrogens with one attached hydrogen (secondary N) is 1. The lowest BCUT2D eigenvalue weighted by atomic mass is 10.0. The monoisotopic (exact) mass is 458 g/mol. The SMILES string of the molecule is CCOC(=O)c1c(NC(=O)c2ccc(S(C)(=O)=O)cc2)sc2c1CCN(C)C2.Cl. The molecule has 1 amide bonds. The number of sulfone groups is 1. The number of amides is 1. The molecule has 0 spiro atoms. The Bertz CT molecular complexity index is 1020. The van der Waals surface area contributed by atoms with Gasteiger partial charge in [0, 0.05) is 29.8 Å². The molecule has 1 aliphatic heterocycles. The van der Waals surface area contributed by atoms with Crippen molar-refractivity contribution in [2.45, 2.75) is 24.8 Å². The van der Waals surface area contributed by atoms with Gasteiger partial charge in [0.1, 0.15) is 5.00 Å². The van der Waals surface area contributed by atoms with Crippen LogP contribution in [0.1, 0.15) is 38.1 Å². The second kappa shape index (κ2) is 9.25. The zero-order valence-electron chi connectivity index (χ0n) is 16.4. The van der Waals surface area contributed by atoms with Crippen LogP contribution in [-0.4, -0.2) is 51.6 Å². The predicted octanol–water partition coefficient (Wildman–Crippen LogP) is 2.99. The van der Waals surface area contributed by atoms with Gasteiger partial charge < -0.3 is 15.0 Å². The van der Waals surface area contributed by atoms with E-state index in [9.17, 15) is 18.0 Å². The standard InChI is InChI=1S/C19H22N2O5S2.ClH/c1-4-26-19(23)16-14-9-10-21(2)11-15(14)27-18(16)20-17(22)12-5-7-13(8-6-12)28(3,24)25;/h5-8H,4,9-11H2,1-3H3,(H,20,22);1H. The molecule has 1 aromatic heterocycles. The molecule has 0 radical (unpaired) electrons. The molecule has 10 heteroatoms. The number of anilines is 1. The van der Waals surface area contributed by atoms with E-state index in [0.29, 0.717) is 22.7 Å². The van der Waals surface area contributed by atoms with Crippen molar-refractivity contribution in [3.63, 3.8) is 0 Å². The van der Waals surface area contributed by atoms with Gasteiger partial charge in [-0.05, 0) is 50.2 Å². The van der Waals surface area contributed by atoms with E-state index in [1.165, 1.54) is 35.6 Å². The molecule has 0 aliphatic carbocycles.